The third kappa shape index (κ3) is 4.77. The van der Waals surface area contributed by atoms with Gasteiger partial charge in [0, 0.05) is 18.9 Å². The van der Waals surface area contributed by atoms with E-state index in [2.05, 4.69) is 46.2 Å². The molecule has 0 aromatic rings. The van der Waals surface area contributed by atoms with Crippen LogP contribution in [-0.2, 0) is 13.6 Å². The average molecular weight is 291 g/mol. The van der Waals surface area contributed by atoms with Crippen LogP contribution in [-0.4, -0.2) is 35.1 Å². The molecule has 5 heteroatoms. The average Bonchev–Trinajstić information content (AvgIpc) is 2.73. The lowest BCUT2D eigenvalue weighted by atomic mass is 10.2. The van der Waals surface area contributed by atoms with Crippen LogP contribution in [0.15, 0.2) is 0 Å². The van der Waals surface area contributed by atoms with E-state index in [-0.39, 0.29) is 11.9 Å². The first kappa shape index (κ1) is 16.4. The molecule has 0 saturated heterocycles. The summed E-state index contributed by atoms with van der Waals surface area (Å²) in [5, 5.41) is 0. The minimum absolute atomic E-state index is 0.236. The maximum atomic E-state index is 6.28. The number of hydrogen-bond acceptors (Lipinski definition) is 3. The summed E-state index contributed by atoms with van der Waals surface area (Å²) in [6, 6.07) is 0. The Morgan fingerprint density at radius 2 is 1.67 bits per heavy atom. The molecule has 18 heavy (non-hydrogen) atoms. The molecular weight excluding hydrogens is 260 g/mol. The van der Waals surface area contributed by atoms with Crippen molar-refractivity contribution in [1.29, 1.82) is 0 Å². The standard InChI is InChI=1S/C13H30O3Si2/c1-9-14-13(16-18(6,7)8)10-12(13)11(2)15-17(3,4)5/h11-12H,9-10H2,1-8H3. The Kier molecular flexibility index (Phi) is 4.88. The maximum Gasteiger partial charge on any atom is 0.187 e. The fourth-order valence-corrected chi connectivity index (χ4v) is 5.10. The second-order valence-electron chi connectivity index (χ2n) is 7.21. The smallest absolute Gasteiger partial charge is 0.187 e. The highest BCUT2D eigenvalue weighted by Crippen LogP contribution is 2.52. The van der Waals surface area contributed by atoms with Gasteiger partial charge in [-0.15, -0.1) is 0 Å². The fraction of sp³-hybridized carbons (Fsp3) is 1.00. The molecule has 0 aliphatic heterocycles. The second-order valence-corrected chi connectivity index (χ2v) is 16.1. The summed E-state index contributed by atoms with van der Waals surface area (Å²) < 4.78 is 18.4. The molecule has 0 radical (unpaired) electrons. The molecule has 0 spiro atoms. The fourth-order valence-electron chi connectivity index (χ4n) is 2.49. The second kappa shape index (κ2) is 5.36. The van der Waals surface area contributed by atoms with Gasteiger partial charge in [-0.2, -0.15) is 0 Å². The SMILES string of the molecule is CCOC1(O[Si](C)(C)C)CC1C(C)O[Si](C)(C)C. The van der Waals surface area contributed by atoms with Crippen molar-refractivity contribution in [3.63, 3.8) is 0 Å². The molecular formula is C13H30O3Si2. The van der Waals surface area contributed by atoms with Crippen LogP contribution < -0.4 is 0 Å². The normalized spacial score (nSPS) is 30.3. The summed E-state index contributed by atoms with van der Waals surface area (Å²) in [6.45, 7) is 18.2. The van der Waals surface area contributed by atoms with Crippen molar-refractivity contribution in [3.8, 4) is 0 Å². The van der Waals surface area contributed by atoms with Crippen LogP contribution in [0.4, 0.5) is 0 Å². The van der Waals surface area contributed by atoms with E-state index >= 15 is 0 Å². The van der Waals surface area contributed by atoms with Gasteiger partial charge in [0.15, 0.2) is 22.4 Å². The van der Waals surface area contributed by atoms with Crippen LogP contribution >= 0.6 is 0 Å². The van der Waals surface area contributed by atoms with Gasteiger partial charge in [0.25, 0.3) is 0 Å². The molecule has 0 amide bonds. The van der Waals surface area contributed by atoms with Gasteiger partial charge in [0.1, 0.15) is 0 Å². The van der Waals surface area contributed by atoms with E-state index in [0.717, 1.165) is 6.42 Å². The molecule has 0 bridgehead atoms. The van der Waals surface area contributed by atoms with Gasteiger partial charge in [-0.25, -0.2) is 0 Å². The van der Waals surface area contributed by atoms with Crippen LogP contribution in [0, 0.1) is 5.92 Å². The largest absolute Gasteiger partial charge is 0.415 e. The molecule has 1 aliphatic carbocycles. The third-order valence-corrected chi connectivity index (χ3v) is 4.92. The van der Waals surface area contributed by atoms with Gasteiger partial charge in [0.05, 0.1) is 6.10 Å². The molecule has 3 unspecified atom stereocenters. The van der Waals surface area contributed by atoms with Gasteiger partial charge >= 0.3 is 0 Å². The van der Waals surface area contributed by atoms with E-state index in [1.54, 1.807) is 0 Å². The zero-order valence-electron chi connectivity index (χ0n) is 13.3. The lowest BCUT2D eigenvalue weighted by Gasteiger charge is -2.30. The number of rotatable bonds is 7. The molecule has 0 heterocycles. The van der Waals surface area contributed by atoms with Gasteiger partial charge in [-0.1, -0.05) is 0 Å². The zero-order chi connectivity index (χ0) is 14.2. The summed E-state index contributed by atoms with van der Waals surface area (Å²) in [7, 11) is -3.07. The Hall–Kier alpha value is 0.314. The molecule has 3 nitrogen and oxygen atoms in total. The van der Waals surface area contributed by atoms with Crippen molar-refractivity contribution in [3.05, 3.63) is 0 Å². The topological polar surface area (TPSA) is 27.7 Å². The maximum absolute atomic E-state index is 6.28. The zero-order valence-corrected chi connectivity index (χ0v) is 15.3. The lowest BCUT2D eigenvalue weighted by Crippen LogP contribution is -2.40. The lowest BCUT2D eigenvalue weighted by molar-refractivity contribution is -0.127. The van der Waals surface area contributed by atoms with E-state index in [0.29, 0.717) is 12.5 Å². The van der Waals surface area contributed by atoms with Gasteiger partial charge in [-0.3, -0.25) is 0 Å². The van der Waals surface area contributed by atoms with E-state index < -0.39 is 16.6 Å². The highest BCUT2D eigenvalue weighted by molar-refractivity contribution is 6.70. The molecule has 0 aromatic carbocycles. The Balaban J connectivity index is 2.64. The van der Waals surface area contributed by atoms with E-state index in [1.165, 1.54) is 0 Å². The van der Waals surface area contributed by atoms with Crippen LogP contribution in [0.5, 0.6) is 0 Å². The summed E-state index contributed by atoms with van der Waals surface area (Å²) in [6.07, 6.45) is 1.22. The quantitative estimate of drug-likeness (QED) is 0.527. The summed E-state index contributed by atoms with van der Waals surface area (Å²) in [5.41, 5.74) is 0. The Morgan fingerprint density at radius 1 is 1.11 bits per heavy atom. The summed E-state index contributed by atoms with van der Waals surface area (Å²) in [4.78, 5) is 0. The molecule has 108 valence electrons. The predicted molar refractivity (Wildman–Crippen MR) is 80.8 cm³/mol. The number of ether oxygens (including phenoxy) is 1. The van der Waals surface area contributed by atoms with Gasteiger partial charge in [-0.05, 0) is 53.1 Å². The summed E-state index contributed by atoms with van der Waals surface area (Å²) >= 11 is 0. The molecule has 1 fully saturated rings. The molecule has 0 N–H and O–H groups in total. The van der Waals surface area contributed by atoms with Crippen molar-refractivity contribution in [1.82, 2.24) is 0 Å². The van der Waals surface area contributed by atoms with Crippen molar-refractivity contribution >= 4 is 16.6 Å². The third-order valence-electron chi connectivity index (χ3n) is 2.88. The van der Waals surface area contributed by atoms with Crippen LogP contribution in [0.25, 0.3) is 0 Å². The van der Waals surface area contributed by atoms with E-state index in [9.17, 15) is 0 Å². The molecule has 3 atom stereocenters. The van der Waals surface area contributed by atoms with E-state index in [1.807, 2.05) is 6.92 Å². The van der Waals surface area contributed by atoms with Crippen molar-refractivity contribution in [2.45, 2.75) is 71.4 Å². The Morgan fingerprint density at radius 3 is 2.06 bits per heavy atom. The first-order valence-electron chi connectivity index (χ1n) is 7.01. The van der Waals surface area contributed by atoms with Crippen molar-refractivity contribution in [2.75, 3.05) is 6.61 Å². The first-order valence-corrected chi connectivity index (χ1v) is 13.8. The monoisotopic (exact) mass is 290 g/mol. The predicted octanol–water partition coefficient (Wildman–Crippen LogP) is 3.83. The Bertz CT molecular complexity index is 283. The minimum atomic E-state index is -1.58. The summed E-state index contributed by atoms with van der Waals surface area (Å²) in [5.74, 6) is 0.0501. The minimum Gasteiger partial charge on any atom is -0.415 e. The first-order chi connectivity index (χ1) is 7.99. The Labute approximate surface area is 114 Å². The molecule has 1 rings (SSSR count). The van der Waals surface area contributed by atoms with Crippen LogP contribution in [0.1, 0.15) is 20.3 Å². The highest BCUT2D eigenvalue weighted by atomic mass is 28.4. The molecule has 1 saturated carbocycles. The molecule has 0 aromatic heterocycles. The van der Waals surface area contributed by atoms with Crippen molar-refractivity contribution in [2.24, 2.45) is 5.92 Å². The van der Waals surface area contributed by atoms with Crippen molar-refractivity contribution < 1.29 is 13.6 Å². The number of hydrogen-bond donors (Lipinski definition) is 0. The van der Waals surface area contributed by atoms with Gasteiger partial charge in [0.2, 0.25) is 0 Å². The van der Waals surface area contributed by atoms with Gasteiger partial charge < -0.3 is 13.6 Å². The van der Waals surface area contributed by atoms with E-state index in [4.69, 9.17) is 13.6 Å². The highest BCUT2D eigenvalue weighted by Gasteiger charge is 2.61. The van der Waals surface area contributed by atoms with Crippen LogP contribution in [0.2, 0.25) is 39.3 Å². The van der Waals surface area contributed by atoms with Crippen LogP contribution in [0.3, 0.4) is 0 Å². The molecule has 1 aliphatic rings.